The maximum absolute atomic E-state index is 13.0. The maximum Gasteiger partial charge on any atom is 0.472 e. The van der Waals surface area contributed by atoms with Crippen molar-refractivity contribution in [1.82, 2.24) is 5.32 Å². The molecule has 0 aromatic carbocycles. The van der Waals surface area contributed by atoms with Gasteiger partial charge in [-0.15, -0.1) is 0 Å². The highest BCUT2D eigenvalue weighted by Crippen LogP contribution is 2.43. The molecule has 0 radical (unpaired) electrons. The van der Waals surface area contributed by atoms with E-state index in [9.17, 15) is 19.4 Å². The molecule has 440 valence electrons. The van der Waals surface area contributed by atoms with Crippen LogP contribution in [0.1, 0.15) is 271 Å². The molecule has 0 heterocycles. The Labute approximate surface area is 470 Å². The van der Waals surface area contributed by atoms with E-state index in [-0.39, 0.29) is 19.1 Å². The lowest BCUT2D eigenvalue weighted by molar-refractivity contribution is -0.870. The fraction of sp³-hybridized carbons (Fsp3) is 0.746. The number of nitrogens with zero attached hydrogens (tertiary/aromatic N) is 1. The molecule has 0 spiro atoms. The van der Waals surface area contributed by atoms with Gasteiger partial charge in [0.1, 0.15) is 13.2 Å². The van der Waals surface area contributed by atoms with Crippen LogP contribution in [0.4, 0.5) is 0 Å². The Bertz CT molecular complexity index is 1560. The number of carbonyl (C=O) groups is 1. The Hall–Kier alpha value is -2.58. The Morgan fingerprint density at radius 3 is 1.21 bits per heavy atom. The predicted octanol–water partition coefficient (Wildman–Crippen LogP) is 19.8. The van der Waals surface area contributed by atoms with E-state index < -0.39 is 20.0 Å². The second kappa shape index (κ2) is 57.1. The van der Waals surface area contributed by atoms with E-state index >= 15 is 0 Å². The molecule has 0 aliphatic carbocycles. The van der Waals surface area contributed by atoms with Gasteiger partial charge < -0.3 is 19.8 Å². The van der Waals surface area contributed by atoms with Crippen LogP contribution in [0.5, 0.6) is 0 Å². The molecule has 3 N–H and O–H groups in total. The summed E-state index contributed by atoms with van der Waals surface area (Å²) in [5.41, 5.74) is 0. The van der Waals surface area contributed by atoms with Gasteiger partial charge in [-0.1, -0.05) is 278 Å². The van der Waals surface area contributed by atoms with E-state index in [1.165, 1.54) is 161 Å². The van der Waals surface area contributed by atoms with E-state index in [2.05, 4.69) is 104 Å². The Morgan fingerprint density at radius 2 is 0.803 bits per heavy atom. The SMILES string of the molecule is CC/C=C\C/C=C\C/C=C\C/C=C\C/C=C\C/C=C\CCCCCCC(=O)NC(COP(=O)(O)OCC[N+](C)(C)C)C(O)/C=C/CC/C=C/CCCCCCCCCCCCCCCCCCCCCCCCCCC. The number of likely N-dealkylation sites (N-methyl/N-ethyl adjacent to an activating group) is 1. The van der Waals surface area contributed by atoms with Crippen LogP contribution in [0, 0.1) is 0 Å². The van der Waals surface area contributed by atoms with Gasteiger partial charge >= 0.3 is 7.82 Å². The first kappa shape index (κ1) is 73.4. The number of carbonyl (C=O) groups excluding carboxylic acids is 1. The molecule has 76 heavy (non-hydrogen) atoms. The van der Waals surface area contributed by atoms with Gasteiger partial charge in [0.2, 0.25) is 5.91 Å². The number of allylic oxidation sites excluding steroid dienone is 15. The molecule has 9 heteroatoms. The lowest BCUT2D eigenvalue weighted by Crippen LogP contribution is -2.45. The molecule has 0 bridgehead atoms. The Kier molecular flexibility index (Phi) is 55.2. The van der Waals surface area contributed by atoms with Crippen LogP contribution in [-0.2, 0) is 18.4 Å². The van der Waals surface area contributed by atoms with Gasteiger partial charge in [0.15, 0.2) is 0 Å². The summed E-state index contributed by atoms with van der Waals surface area (Å²) in [5, 5.41) is 13.9. The van der Waals surface area contributed by atoms with Gasteiger partial charge in [-0.05, 0) is 83.5 Å². The lowest BCUT2D eigenvalue weighted by Gasteiger charge is -2.25. The van der Waals surface area contributed by atoms with Crippen LogP contribution in [0.25, 0.3) is 0 Å². The van der Waals surface area contributed by atoms with Gasteiger partial charge in [-0.3, -0.25) is 13.8 Å². The zero-order valence-corrected chi connectivity index (χ0v) is 51.1. The number of rotatable bonds is 57. The Balaban J connectivity index is 4.23. The maximum atomic E-state index is 13.0. The third kappa shape index (κ3) is 59.1. The summed E-state index contributed by atoms with van der Waals surface area (Å²) < 4.78 is 23.7. The number of unbranched alkanes of at least 4 members (excludes halogenated alkanes) is 30. The van der Waals surface area contributed by atoms with Crippen LogP contribution in [-0.4, -0.2) is 73.4 Å². The molecule has 3 atom stereocenters. The molecule has 0 aliphatic heterocycles. The summed E-state index contributed by atoms with van der Waals surface area (Å²) >= 11 is 0. The van der Waals surface area contributed by atoms with Crippen molar-refractivity contribution in [2.45, 2.75) is 283 Å². The molecule has 3 unspecified atom stereocenters. The molecular weight excluding hydrogens is 960 g/mol. The van der Waals surface area contributed by atoms with Crippen molar-refractivity contribution in [2.24, 2.45) is 0 Å². The largest absolute Gasteiger partial charge is 0.472 e. The van der Waals surface area contributed by atoms with Gasteiger partial charge in [0.05, 0.1) is 39.9 Å². The molecule has 0 aromatic heterocycles. The minimum atomic E-state index is -4.37. The summed E-state index contributed by atoms with van der Waals surface area (Å²) in [6.45, 7) is 4.67. The number of hydrogen-bond donors (Lipinski definition) is 3. The molecule has 0 saturated heterocycles. The van der Waals surface area contributed by atoms with Crippen molar-refractivity contribution in [3.8, 4) is 0 Å². The van der Waals surface area contributed by atoms with Crippen molar-refractivity contribution < 1.29 is 32.9 Å². The van der Waals surface area contributed by atoms with Gasteiger partial charge in [-0.25, -0.2) is 4.57 Å². The molecule has 8 nitrogen and oxygen atoms in total. The first-order valence-corrected chi connectivity index (χ1v) is 33.1. The molecule has 0 aromatic rings. The van der Waals surface area contributed by atoms with Crippen LogP contribution >= 0.6 is 7.82 Å². The number of amides is 1. The number of aliphatic hydroxyl groups excluding tert-OH is 1. The predicted molar refractivity (Wildman–Crippen MR) is 332 cm³/mol. The number of quaternary nitrogens is 1. The van der Waals surface area contributed by atoms with Gasteiger partial charge in [0, 0.05) is 6.42 Å². The summed E-state index contributed by atoms with van der Waals surface area (Å²) in [6, 6.07) is -0.886. The zero-order valence-electron chi connectivity index (χ0n) is 50.2. The minimum Gasteiger partial charge on any atom is -0.387 e. The molecular formula is C67H122N2O6P+. The standard InChI is InChI=1S/C67H121N2O6P/c1-6-8-10-12-14-16-18-20-22-24-26-28-30-31-32-33-34-35-36-37-39-40-42-44-46-48-50-52-54-56-58-60-66(70)65(64-75-76(72,73)74-63-62-69(3,4)5)68-67(71)61-59-57-55-53-51-49-47-45-43-41-38-29-27-25-23-21-19-17-15-13-11-9-7-2/h9,11,15,17,21,23,27,29,41,43,47,49-50,52,58,60,65-66,70H,6-8,10,12-14,16,18-20,22,24-26,28,30-40,42,44-46,48,51,53-57,59,61-64H2,1-5H3,(H-,68,71,72,73)/p+1/b11-9-,17-15-,23-21-,29-27-,43-41-,49-47-,52-50+,60-58+. The normalized spacial score (nSPS) is 14.5. The third-order valence-electron chi connectivity index (χ3n) is 13.8. The molecule has 1 amide bonds. The average Bonchev–Trinajstić information content (AvgIpc) is 3.38. The van der Waals surface area contributed by atoms with E-state index in [4.69, 9.17) is 9.05 Å². The number of aliphatic hydroxyl groups is 1. The highest BCUT2D eigenvalue weighted by atomic mass is 31.2. The molecule has 0 aliphatic rings. The van der Waals surface area contributed by atoms with Gasteiger partial charge in [-0.2, -0.15) is 0 Å². The zero-order chi connectivity index (χ0) is 55.6. The number of hydrogen-bond acceptors (Lipinski definition) is 5. The summed E-state index contributed by atoms with van der Waals surface area (Å²) in [6.07, 6.45) is 82.6. The van der Waals surface area contributed by atoms with Crippen molar-refractivity contribution in [2.75, 3.05) is 40.9 Å². The number of phosphoric acid groups is 1. The van der Waals surface area contributed by atoms with Crippen molar-refractivity contribution in [3.05, 3.63) is 97.2 Å². The lowest BCUT2D eigenvalue weighted by atomic mass is 10.0. The quantitative estimate of drug-likeness (QED) is 0.0243. The van der Waals surface area contributed by atoms with E-state index in [0.717, 1.165) is 89.9 Å². The Morgan fingerprint density at radius 1 is 0.461 bits per heavy atom. The van der Waals surface area contributed by atoms with Crippen LogP contribution in [0.3, 0.4) is 0 Å². The minimum absolute atomic E-state index is 0.0457. The number of phosphoric ester groups is 1. The molecule has 0 saturated carbocycles. The van der Waals surface area contributed by atoms with Crippen LogP contribution < -0.4 is 5.32 Å². The molecule has 0 rings (SSSR count). The highest BCUT2D eigenvalue weighted by Gasteiger charge is 2.27. The fourth-order valence-electron chi connectivity index (χ4n) is 8.89. The van der Waals surface area contributed by atoms with Crippen molar-refractivity contribution in [3.63, 3.8) is 0 Å². The van der Waals surface area contributed by atoms with Crippen LogP contribution in [0.15, 0.2) is 97.2 Å². The number of nitrogens with one attached hydrogen (secondary N) is 1. The second-order valence-corrected chi connectivity index (χ2v) is 23.8. The molecule has 0 fully saturated rings. The highest BCUT2D eigenvalue weighted by molar-refractivity contribution is 7.47. The topological polar surface area (TPSA) is 105 Å². The van der Waals surface area contributed by atoms with Crippen LogP contribution in [0.2, 0.25) is 0 Å². The summed E-state index contributed by atoms with van der Waals surface area (Å²) in [5.74, 6) is -0.212. The van der Waals surface area contributed by atoms with Crippen molar-refractivity contribution in [1.29, 1.82) is 0 Å². The fourth-order valence-corrected chi connectivity index (χ4v) is 9.62. The first-order chi connectivity index (χ1) is 37.0. The van der Waals surface area contributed by atoms with Crippen molar-refractivity contribution >= 4 is 13.7 Å². The monoisotopic (exact) mass is 1080 g/mol. The van der Waals surface area contributed by atoms with E-state index in [1.807, 2.05) is 27.2 Å². The summed E-state index contributed by atoms with van der Waals surface area (Å²) in [7, 11) is 1.53. The smallest absolute Gasteiger partial charge is 0.387 e. The van der Waals surface area contributed by atoms with E-state index in [1.54, 1.807) is 6.08 Å². The average molecular weight is 1080 g/mol. The first-order valence-electron chi connectivity index (χ1n) is 31.6. The van der Waals surface area contributed by atoms with Gasteiger partial charge in [0.25, 0.3) is 0 Å². The second-order valence-electron chi connectivity index (χ2n) is 22.4. The van der Waals surface area contributed by atoms with E-state index in [0.29, 0.717) is 17.4 Å². The third-order valence-corrected chi connectivity index (χ3v) is 14.8. The summed E-state index contributed by atoms with van der Waals surface area (Å²) in [4.78, 5) is 23.3.